The fourth-order valence-corrected chi connectivity index (χ4v) is 2.52. The molecule has 0 aromatic heterocycles. The van der Waals surface area contributed by atoms with Crippen LogP contribution in [0.25, 0.3) is 0 Å². The number of thiol groups is 1. The van der Waals surface area contributed by atoms with Crippen LogP contribution in [0.5, 0.6) is 0 Å². The third-order valence-corrected chi connectivity index (χ3v) is 3.81. The first-order valence-corrected chi connectivity index (χ1v) is 8.62. The molecular weight excluding hydrogens is 216 g/mol. The Kier molecular flexibility index (Phi) is 13.1. The maximum atomic E-state index is 4.45. The van der Waals surface area contributed by atoms with Crippen LogP contribution in [0.4, 0.5) is 0 Å². The molecule has 15 heavy (non-hydrogen) atoms. The molecule has 0 aliphatic rings. The first-order valence-electron chi connectivity index (χ1n) is 6.95. The first-order chi connectivity index (χ1) is 7.27. The lowest BCUT2D eigenvalue weighted by Crippen LogP contribution is -1.95. The minimum atomic E-state index is 0.735. The zero-order valence-electron chi connectivity index (χ0n) is 10.8. The fraction of sp³-hybridized carbons (Fsp3) is 1.00. The summed E-state index contributed by atoms with van der Waals surface area (Å²) in [6.45, 7) is 2.28. The van der Waals surface area contributed by atoms with Gasteiger partial charge < -0.3 is 0 Å². The van der Waals surface area contributed by atoms with E-state index in [2.05, 4.69) is 19.6 Å². The van der Waals surface area contributed by atoms with Crippen molar-refractivity contribution in [2.75, 3.05) is 0 Å². The molecule has 0 aliphatic heterocycles. The summed E-state index contributed by atoms with van der Waals surface area (Å²) < 4.78 is 0. The standard InChI is InChI=1S/C13H30SSi/c1-2-3-4-5-6-7-8-9-10-11-12-13(14)15/h13-14H,2-12H2,1,15H3. The Morgan fingerprint density at radius 3 is 1.60 bits per heavy atom. The lowest BCUT2D eigenvalue weighted by molar-refractivity contribution is 0.553. The Hall–Kier alpha value is 0.567. The highest BCUT2D eigenvalue weighted by atomic mass is 32.1. The molecule has 0 rings (SSSR count). The van der Waals surface area contributed by atoms with Gasteiger partial charge in [0.25, 0.3) is 0 Å². The number of rotatable bonds is 11. The van der Waals surface area contributed by atoms with Crippen molar-refractivity contribution in [3.05, 3.63) is 0 Å². The van der Waals surface area contributed by atoms with Crippen molar-refractivity contribution in [1.29, 1.82) is 0 Å². The predicted octanol–water partition coefficient (Wildman–Crippen LogP) is 3.92. The maximum absolute atomic E-state index is 4.45. The van der Waals surface area contributed by atoms with Gasteiger partial charge in [0.1, 0.15) is 0 Å². The molecule has 0 heterocycles. The molecule has 0 bridgehead atoms. The van der Waals surface area contributed by atoms with Crippen LogP contribution >= 0.6 is 12.6 Å². The van der Waals surface area contributed by atoms with E-state index in [0.29, 0.717) is 0 Å². The summed E-state index contributed by atoms with van der Waals surface area (Å²) in [5.74, 6) is 0. The monoisotopic (exact) mass is 246 g/mol. The summed E-state index contributed by atoms with van der Waals surface area (Å²) in [6.07, 6.45) is 15.8. The van der Waals surface area contributed by atoms with Gasteiger partial charge in [0, 0.05) is 10.2 Å². The minimum absolute atomic E-state index is 0.735. The second kappa shape index (κ2) is 12.6. The van der Waals surface area contributed by atoms with Gasteiger partial charge in [-0.3, -0.25) is 0 Å². The second-order valence-corrected chi connectivity index (χ2v) is 8.07. The Morgan fingerprint density at radius 2 is 1.20 bits per heavy atom. The molecule has 0 fully saturated rings. The molecule has 0 spiro atoms. The van der Waals surface area contributed by atoms with Crippen LogP contribution in [0.15, 0.2) is 0 Å². The van der Waals surface area contributed by atoms with Crippen LogP contribution in [0.3, 0.4) is 0 Å². The number of unbranched alkanes of at least 4 members (excludes halogenated alkanes) is 9. The van der Waals surface area contributed by atoms with Crippen LogP contribution < -0.4 is 0 Å². The van der Waals surface area contributed by atoms with Crippen molar-refractivity contribution in [3.63, 3.8) is 0 Å². The van der Waals surface area contributed by atoms with Crippen molar-refractivity contribution in [3.8, 4) is 0 Å². The zero-order chi connectivity index (χ0) is 11.4. The molecule has 0 N–H and O–H groups in total. The molecule has 1 atom stereocenters. The summed E-state index contributed by atoms with van der Waals surface area (Å²) in [6, 6.07) is 0. The third kappa shape index (κ3) is 14.6. The molecular formula is C13H30SSi. The number of hydrogen-bond acceptors (Lipinski definition) is 1. The average Bonchev–Trinajstić information content (AvgIpc) is 2.20. The summed E-state index contributed by atoms with van der Waals surface area (Å²) in [5.41, 5.74) is 0. The van der Waals surface area contributed by atoms with Crippen molar-refractivity contribution in [2.45, 2.75) is 82.4 Å². The van der Waals surface area contributed by atoms with Gasteiger partial charge in [0.15, 0.2) is 0 Å². The van der Waals surface area contributed by atoms with Crippen LogP contribution in [0.2, 0.25) is 0 Å². The fourth-order valence-electron chi connectivity index (χ4n) is 1.93. The Bertz CT molecular complexity index is 115. The van der Waals surface area contributed by atoms with Gasteiger partial charge in [-0.2, -0.15) is 12.6 Å². The predicted molar refractivity (Wildman–Crippen MR) is 79.2 cm³/mol. The van der Waals surface area contributed by atoms with Crippen LogP contribution in [0.1, 0.15) is 77.6 Å². The summed E-state index contributed by atoms with van der Waals surface area (Å²) in [7, 11) is 1.25. The quantitative estimate of drug-likeness (QED) is 0.319. The maximum Gasteiger partial charge on any atom is 0.0189 e. The van der Waals surface area contributed by atoms with Gasteiger partial charge in [0.05, 0.1) is 0 Å². The van der Waals surface area contributed by atoms with Crippen molar-refractivity contribution < 1.29 is 0 Å². The van der Waals surface area contributed by atoms with E-state index in [1.54, 1.807) is 0 Å². The molecule has 1 unspecified atom stereocenters. The molecule has 92 valence electrons. The molecule has 0 saturated heterocycles. The summed E-state index contributed by atoms with van der Waals surface area (Å²) in [5, 5.41) is 0. The molecule has 0 saturated carbocycles. The normalized spacial score (nSPS) is 13.2. The molecule has 2 heteroatoms. The van der Waals surface area contributed by atoms with E-state index in [4.69, 9.17) is 0 Å². The highest BCUT2D eigenvalue weighted by molar-refractivity contribution is 7.82. The summed E-state index contributed by atoms with van der Waals surface area (Å²) >= 11 is 4.45. The van der Waals surface area contributed by atoms with Gasteiger partial charge in [-0.15, -0.1) is 0 Å². The Morgan fingerprint density at radius 1 is 0.800 bits per heavy atom. The van der Waals surface area contributed by atoms with Gasteiger partial charge in [0.2, 0.25) is 0 Å². The van der Waals surface area contributed by atoms with E-state index in [1.807, 2.05) is 0 Å². The van der Waals surface area contributed by atoms with Crippen molar-refractivity contribution in [2.24, 2.45) is 0 Å². The molecule has 0 aromatic rings. The van der Waals surface area contributed by atoms with E-state index in [0.717, 1.165) is 4.87 Å². The Labute approximate surface area is 105 Å². The minimum Gasteiger partial charge on any atom is -0.180 e. The van der Waals surface area contributed by atoms with E-state index < -0.39 is 0 Å². The number of hydrogen-bond donors (Lipinski definition) is 1. The molecule has 0 amide bonds. The molecule has 0 aromatic carbocycles. The highest BCUT2D eigenvalue weighted by Gasteiger charge is 1.95. The van der Waals surface area contributed by atoms with Gasteiger partial charge >= 0.3 is 0 Å². The third-order valence-electron chi connectivity index (χ3n) is 2.98. The van der Waals surface area contributed by atoms with Crippen LogP contribution in [-0.2, 0) is 0 Å². The van der Waals surface area contributed by atoms with Crippen LogP contribution in [-0.4, -0.2) is 15.1 Å². The lowest BCUT2D eigenvalue weighted by atomic mass is 10.1. The van der Waals surface area contributed by atoms with E-state index in [9.17, 15) is 0 Å². The summed E-state index contributed by atoms with van der Waals surface area (Å²) in [4.78, 5) is 0.735. The van der Waals surface area contributed by atoms with E-state index >= 15 is 0 Å². The van der Waals surface area contributed by atoms with E-state index in [1.165, 1.54) is 80.9 Å². The zero-order valence-corrected chi connectivity index (χ0v) is 13.7. The van der Waals surface area contributed by atoms with Crippen molar-refractivity contribution >= 4 is 22.9 Å². The molecule has 0 nitrogen and oxygen atoms in total. The van der Waals surface area contributed by atoms with E-state index in [-0.39, 0.29) is 0 Å². The van der Waals surface area contributed by atoms with Crippen molar-refractivity contribution in [1.82, 2.24) is 0 Å². The van der Waals surface area contributed by atoms with Gasteiger partial charge in [-0.05, 0) is 11.3 Å². The second-order valence-electron chi connectivity index (χ2n) is 4.82. The smallest absolute Gasteiger partial charge is 0.0189 e. The van der Waals surface area contributed by atoms with Gasteiger partial charge in [-0.25, -0.2) is 0 Å². The average molecular weight is 247 g/mol. The SMILES string of the molecule is CCCCCCCCCCCCC([SiH3])S. The van der Waals surface area contributed by atoms with Crippen LogP contribution in [0, 0.1) is 0 Å². The molecule has 0 radical (unpaired) electrons. The van der Waals surface area contributed by atoms with Gasteiger partial charge in [-0.1, -0.05) is 71.1 Å². The topological polar surface area (TPSA) is 0 Å². The molecule has 0 aliphatic carbocycles. The first kappa shape index (κ1) is 15.6. The lowest BCUT2D eigenvalue weighted by Gasteiger charge is -2.04. The largest absolute Gasteiger partial charge is 0.180 e. The Balaban J connectivity index is 2.87. The highest BCUT2D eigenvalue weighted by Crippen LogP contribution is 2.12.